The van der Waals surface area contributed by atoms with E-state index in [1.165, 1.54) is 16.7 Å². The summed E-state index contributed by atoms with van der Waals surface area (Å²) in [5.41, 5.74) is -0.584. The first-order valence-electron chi connectivity index (χ1n) is 6.77. The molecule has 0 unspecified atom stereocenters. The predicted molar refractivity (Wildman–Crippen MR) is 77.7 cm³/mol. The summed E-state index contributed by atoms with van der Waals surface area (Å²) in [6.45, 7) is 7.54. The van der Waals surface area contributed by atoms with Gasteiger partial charge < -0.3 is 19.2 Å². The smallest absolute Gasteiger partial charge is 0.410 e. The maximum atomic E-state index is 12.0. The first-order chi connectivity index (χ1) is 10.1. The zero-order valence-electron chi connectivity index (χ0n) is 13.0. The van der Waals surface area contributed by atoms with Crippen molar-refractivity contribution in [2.75, 3.05) is 13.1 Å². The molecule has 9 heteroatoms. The molecule has 0 aromatic carbocycles. The number of aryl methyl sites for hydroxylation is 1. The molecule has 8 nitrogen and oxygen atoms in total. The van der Waals surface area contributed by atoms with Crippen LogP contribution in [0.15, 0.2) is 9.64 Å². The molecular formula is C13H19N3O5S. The molecule has 1 aliphatic rings. The first kappa shape index (κ1) is 16.6. The average Bonchev–Trinajstić information content (AvgIpc) is 2.67. The van der Waals surface area contributed by atoms with Crippen LogP contribution >= 0.6 is 11.8 Å². The average molecular weight is 329 g/mol. The number of amides is 1. The Hall–Kier alpha value is -1.77. The van der Waals surface area contributed by atoms with E-state index in [9.17, 15) is 9.59 Å². The lowest BCUT2D eigenvalue weighted by molar-refractivity contribution is -0.138. The maximum Gasteiger partial charge on any atom is 0.410 e. The standard InChI is InChI=1S/C13H19N3O5S/c1-8-14-15-10(20-8)22-13(5-9(17)18)6-16(7-13)11(19)21-12(2,3)4/h5-7H2,1-4H3,(H,17,18). The molecule has 122 valence electrons. The predicted octanol–water partition coefficient (Wildman–Crippen LogP) is 1.93. The largest absolute Gasteiger partial charge is 0.481 e. The van der Waals surface area contributed by atoms with Crippen LogP contribution in [-0.4, -0.2) is 55.7 Å². The number of likely N-dealkylation sites (tertiary alicyclic amines) is 1. The number of carbonyl (C=O) groups excluding carboxylic acids is 1. The fraction of sp³-hybridized carbons (Fsp3) is 0.692. The minimum atomic E-state index is -0.937. The Labute approximate surface area is 132 Å². The van der Waals surface area contributed by atoms with Crippen LogP contribution in [0.3, 0.4) is 0 Å². The van der Waals surface area contributed by atoms with Crippen molar-refractivity contribution in [1.82, 2.24) is 15.1 Å². The molecule has 1 N–H and O–H groups in total. The summed E-state index contributed by atoms with van der Waals surface area (Å²) in [6.07, 6.45) is -0.547. The van der Waals surface area contributed by atoms with Gasteiger partial charge in [-0.2, -0.15) is 0 Å². The van der Waals surface area contributed by atoms with E-state index in [1.807, 2.05) is 0 Å². The van der Waals surface area contributed by atoms with E-state index in [2.05, 4.69) is 10.2 Å². The zero-order chi connectivity index (χ0) is 16.5. The van der Waals surface area contributed by atoms with Crippen molar-refractivity contribution in [3.05, 3.63) is 5.89 Å². The zero-order valence-corrected chi connectivity index (χ0v) is 13.8. The van der Waals surface area contributed by atoms with Gasteiger partial charge in [-0.15, -0.1) is 10.2 Å². The van der Waals surface area contributed by atoms with Gasteiger partial charge >= 0.3 is 12.1 Å². The van der Waals surface area contributed by atoms with Gasteiger partial charge in [0, 0.05) is 20.0 Å². The van der Waals surface area contributed by atoms with Gasteiger partial charge in [-0.05, 0) is 20.8 Å². The van der Waals surface area contributed by atoms with Gasteiger partial charge in [0.15, 0.2) is 0 Å². The molecular weight excluding hydrogens is 310 g/mol. The van der Waals surface area contributed by atoms with E-state index >= 15 is 0 Å². The van der Waals surface area contributed by atoms with Crippen molar-refractivity contribution >= 4 is 23.8 Å². The van der Waals surface area contributed by atoms with Crippen molar-refractivity contribution in [2.45, 2.75) is 49.7 Å². The van der Waals surface area contributed by atoms with Gasteiger partial charge in [0.25, 0.3) is 5.22 Å². The molecule has 1 amide bonds. The molecule has 1 aromatic rings. The number of hydrogen-bond acceptors (Lipinski definition) is 7. The Bertz CT molecular complexity index is 574. The molecule has 0 spiro atoms. The van der Waals surface area contributed by atoms with Crippen LogP contribution in [0, 0.1) is 6.92 Å². The third kappa shape index (κ3) is 4.12. The van der Waals surface area contributed by atoms with Crippen LogP contribution in [0.1, 0.15) is 33.1 Å². The summed E-state index contributed by atoms with van der Waals surface area (Å²) in [6, 6.07) is 0. The molecule has 0 bridgehead atoms. The molecule has 1 saturated heterocycles. The van der Waals surface area contributed by atoms with Crippen LogP contribution in [0.5, 0.6) is 0 Å². The van der Waals surface area contributed by atoms with E-state index in [0.717, 1.165) is 0 Å². The van der Waals surface area contributed by atoms with Crippen LogP contribution in [0.4, 0.5) is 4.79 Å². The minimum Gasteiger partial charge on any atom is -0.481 e. The second-order valence-electron chi connectivity index (χ2n) is 6.28. The lowest BCUT2D eigenvalue weighted by Gasteiger charge is -2.47. The SMILES string of the molecule is Cc1nnc(SC2(CC(=O)O)CN(C(=O)OC(C)(C)C)C2)o1. The van der Waals surface area contributed by atoms with E-state index < -0.39 is 22.4 Å². The molecule has 0 atom stereocenters. The van der Waals surface area contributed by atoms with Crippen molar-refractivity contribution in [1.29, 1.82) is 0 Å². The van der Waals surface area contributed by atoms with Gasteiger partial charge in [-0.25, -0.2) is 4.79 Å². The number of ether oxygens (including phenoxy) is 1. The Morgan fingerprint density at radius 3 is 2.50 bits per heavy atom. The first-order valence-corrected chi connectivity index (χ1v) is 7.59. The van der Waals surface area contributed by atoms with E-state index in [0.29, 0.717) is 11.1 Å². The fourth-order valence-electron chi connectivity index (χ4n) is 2.10. The summed E-state index contributed by atoms with van der Waals surface area (Å²) in [5.74, 6) is -0.524. The highest BCUT2D eigenvalue weighted by Gasteiger charge is 2.50. The van der Waals surface area contributed by atoms with Gasteiger partial charge in [0.1, 0.15) is 5.60 Å². The Balaban J connectivity index is 2.02. The number of hydrogen-bond donors (Lipinski definition) is 1. The van der Waals surface area contributed by atoms with Crippen LogP contribution < -0.4 is 0 Å². The van der Waals surface area contributed by atoms with Gasteiger partial charge in [-0.3, -0.25) is 4.79 Å². The van der Waals surface area contributed by atoms with Crippen molar-refractivity contribution < 1.29 is 23.8 Å². The number of aromatic nitrogens is 2. The number of aliphatic carboxylic acids is 1. The number of carboxylic acids is 1. The molecule has 0 radical (unpaired) electrons. The third-order valence-electron chi connectivity index (χ3n) is 2.89. The normalized spacial score (nSPS) is 17.0. The Morgan fingerprint density at radius 2 is 2.05 bits per heavy atom. The van der Waals surface area contributed by atoms with Crippen molar-refractivity contribution in [2.24, 2.45) is 0 Å². The monoisotopic (exact) mass is 329 g/mol. The second-order valence-corrected chi connectivity index (χ2v) is 7.70. The quantitative estimate of drug-likeness (QED) is 0.893. The number of carbonyl (C=O) groups is 2. The number of nitrogens with zero attached hydrogens (tertiary/aromatic N) is 3. The highest BCUT2D eigenvalue weighted by molar-refractivity contribution is 8.00. The molecule has 1 fully saturated rings. The summed E-state index contributed by atoms with van der Waals surface area (Å²) in [5, 5.41) is 17.0. The third-order valence-corrected chi connectivity index (χ3v) is 4.07. The van der Waals surface area contributed by atoms with Crippen molar-refractivity contribution in [3.63, 3.8) is 0 Å². The van der Waals surface area contributed by atoms with Gasteiger partial charge in [0.05, 0.1) is 11.2 Å². The Kier molecular flexibility index (Phi) is 4.37. The summed E-state index contributed by atoms with van der Waals surface area (Å²) in [7, 11) is 0. The van der Waals surface area contributed by atoms with E-state index in [-0.39, 0.29) is 19.5 Å². The molecule has 1 aromatic heterocycles. The molecule has 1 aliphatic heterocycles. The summed E-state index contributed by atoms with van der Waals surface area (Å²) >= 11 is 1.20. The summed E-state index contributed by atoms with van der Waals surface area (Å²) < 4.78 is 9.89. The molecule has 2 rings (SSSR count). The van der Waals surface area contributed by atoms with Crippen LogP contribution in [-0.2, 0) is 9.53 Å². The van der Waals surface area contributed by atoms with Crippen LogP contribution in [0.25, 0.3) is 0 Å². The fourth-order valence-corrected chi connectivity index (χ4v) is 3.35. The van der Waals surface area contributed by atoms with Gasteiger partial charge in [-0.1, -0.05) is 11.8 Å². The highest BCUT2D eigenvalue weighted by Crippen LogP contribution is 2.42. The van der Waals surface area contributed by atoms with E-state index in [4.69, 9.17) is 14.3 Å². The second kappa shape index (κ2) is 5.79. The lowest BCUT2D eigenvalue weighted by Crippen LogP contribution is -2.62. The molecule has 0 saturated carbocycles. The number of carboxylic acid groups (broad SMARTS) is 1. The summed E-state index contributed by atoms with van der Waals surface area (Å²) in [4.78, 5) is 24.5. The lowest BCUT2D eigenvalue weighted by atomic mass is 9.95. The van der Waals surface area contributed by atoms with Crippen LogP contribution in [0.2, 0.25) is 0 Å². The maximum absolute atomic E-state index is 12.0. The Morgan fingerprint density at radius 1 is 1.41 bits per heavy atom. The molecule has 22 heavy (non-hydrogen) atoms. The van der Waals surface area contributed by atoms with E-state index in [1.54, 1.807) is 27.7 Å². The topological polar surface area (TPSA) is 106 Å². The number of rotatable bonds is 4. The molecule has 2 heterocycles. The minimum absolute atomic E-state index is 0.0988. The van der Waals surface area contributed by atoms with Gasteiger partial charge in [0.2, 0.25) is 5.89 Å². The highest BCUT2D eigenvalue weighted by atomic mass is 32.2. The number of thioether (sulfide) groups is 1. The molecule has 0 aliphatic carbocycles. The van der Waals surface area contributed by atoms with Crippen molar-refractivity contribution in [3.8, 4) is 0 Å².